The Hall–Kier alpha value is -2.87. The Morgan fingerprint density at radius 3 is 2.19 bits per heavy atom. The van der Waals surface area contributed by atoms with Crippen molar-refractivity contribution in [3.05, 3.63) is 53.6 Å². The van der Waals surface area contributed by atoms with Crippen molar-refractivity contribution in [2.45, 2.75) is 25.7 Å². The first-order chi connectivity index (χ1) is 12.6. The van der Waals surface area contributed by atoms with Crippen LogP contribution < -0.4 is 9.62 Å². The summed E-state index contributed by atoms with van der Waals surface area (Å²) in [6.45, 7) is 4.69. The zero-order valence-corrected chi connectivity index (χ0v) is 16.5. The number of carbonyl (C=O) groups is 2. The average Bonchev–Trinajstić information content (AvgIpc) is 2.61. The van der Waals surface area contributed by atoms with Gasteiger partial charge in [0.05, 0.1) is 17.7 Å². The van der Waals surface area contributed by atoms with E-state index < -0.39 is 22.5 Å². The highest BCUT2D eigenvalue weighted by molar-refractivity contribution is 7.92. The molecule has 0 spiro atoms. The lowest BCUT2D eigenvalue weighted by Crippen LogP contribution is -2.36. The summed E-state index contributed by atoms with van der Waals surface area (Å²) in [5.41, 5.74) is 2.76. The lowest BCUT2D eigenvalue weighted by atomic mass is 10.1. The van der Waals surface area contributed by atoms with Gasteiger partial charge in [-0.05, 0) is 61.4 Å². The highest BCUT2D eigenvalue weighted by atomic mass is 32.2. The normalized spacial score (nSPS) is 11.0. The maximum absolute atomic E-state index is 13.1. The second-order valence-electron chi connectivity index (χ2n) is 6.06. The number of ether oxygens (including phenoxy) is 1. The van der Waals surface area contributed by atoms with Crippen LogP contribution in [0, 0.1) is 13.8 Å². The summed E-state index contributed by atoms with van der Waals surface area (Å²) < 4.78 is 32.0. The molecule has 2 aromatic carbocycles. The zero-order chi connectivity index (χ0) is 20.2. The van der Waals surface area contributed by atoms with Crippen LogP contribution in [0.2, 0.25) is 0 Å². The number of methoxy groups -OCH3 is 1. The highest BCUT2D eigenvalue weighted by Crippen LogP contribution is 2.26. The number of anilines is 2. The van der Waals surface area contributed by atoms with E-state index in [4.69, 9.17) is 0 Å². The predicted octanol–water partition coefficient (Wildman–Crippen LogP) is 2.63. The summed E-state index contributed by atoms with van der Waals surface area (Å²) in [7, 11) is -2.81. The van der Waals surface area contributed by atoms with Gasteiger partial charge in [-0.3, -0.25) is 13.9 Å². The zero-order valence-electron chi connectivity index (χ0n) is 15.6. The van der Waals surface area contributed by atoms with Gasteiger partial charge in [0.25, 0.3) is 10.0 Å². The Labute approximate surface area is 159 Å². The Kier molecular flexibility index (Phi) is 6.22. The molecule has 144 valence electrons. The number of aryl methyl sites for hydroxylation is 2. The molecule has 0 aliphatic rings. The van der Waals surface area contributed by atoms with E-state index in [1.165, 1.54) is 38.3 Å². The van der Waals surface area contributed by atoms with E-state index in [0.717, 1.165) is 15.4 Å². The Morgan fingerprint density at radius 2 is 1.67 bits per heavy atom. The summed E-state index contributed by atoms with van der Waals surface area (Å²) in [4.78, 5) is 22.9. The van der Waals surface area contributed by atoms with E-state index in [-0.39, 0.29) is 10.8 Å². The molecule has 2 aromatic rings. The van der Waals surface area contributed by atoms with Gasteiger partial charge < -0.3 is 10.1 Å². The van der Waals surface area contributed by atoms with Crippen LogP contribution in [0.15, 0.2) is 47.4 Å². The minimum Gasteiger partial charge on any atom is -0.468 e. The molecular formula is C19H22N2O5S. The fourth-order valence-corrected chi connectivity index (χ4v) is 3.82. The minimum atomic E-state index is -4.01. The van der Waals surface area contributed by atoms with Gasteiger partial charge in [-0.15, -0.1) is 0 Å². The van der Waals surface area contributed by atoms with Gasteiger partial charge >= 0.3 is 5.97 Å². The monoisotopic (exact) mass is 390 g/mol. The van der Waals surface area contributed by atoms with Crippen LogP contribution in [-0.4, -0.2) is 33.9 Å². The van der Waals surface area contributed by atoms with Gasteiger partial charge in [0.15, 0.2) is 0 Å². The average molecular weight is 390 g/mol. The Balaban J connectivity index is 2.47. The lowest BCUT2D eigenvalue weighted by Gasteiger charge is -2.24. The van der Waals surface area contributed by atoms with E-state index in [2.05, 4.69) is 10.1 Å². The summed E-state index contributed by atoms with van der Waals surface area (Å²) in [6.07, 6.45) is 0. The number of hydrogen-bond donors (Lipinski definition) is 1. The molecule has 0 saturated heterocycles. The largest absolute Gasteiger partial charge is 0.468 e. The molecule has 8 heteroatoms. The van der Waals surface area contributed by atoms with E-state index in [1.54, 1.807) is 18.2 Å². The molecule has 0 aliphatic carbocycles. The maximum Gasteiger partial charge on any atom is 0.326 e. The molecule has 0 unspecified atom stereocenters. The molecule has 1 N–H and O–H groups in total. The topological polar surface area (TPSA) is 92.8 Å². The Morgan fingerprint density at radius 1 is 1.04 bits per heavy atom. The maximum atomic E-state index is 13.1. The number of sulfonamides is 1. The van der Waals surface area contributed by atoms with E-state index in [0.29, 0.717) is 11.4 Å². The van der Waals surface area contributed by atoms with Crippen LogP contribution in [0.5, 0.6) is 0 Å². The van der Waals surface area contributed by atoms with E-state index in [9.17, 15) is 18.0 Å². The quantitative estimate of drug-likeness (QED) is 0.766. The summed E-state index contributed by atoms with van der Waals surface area (Å²) in [5.74, 6) is -0.931. The smallest absolute Gasteiger partial charge is 0.326 e. The van der Waals surface area contributed by atoms with Gasteiger partial charge in [-0.1, -0.05) is 6.07 Å². The van der Waals surface area contributed by atoms with Gasteiger partial charge in [0.2, 0.25) is 5.91 Å². The standard InChI is InChI=1S/C19H22N2O5S/c1-13-5-8-17(11-14(13)2)21(12-19(23)26-4)27(24,25)18-9-6-16(7-10-18)20-15(3)22/h5-11H,12H2,1-4H3,(H,20,22). The molecular weight excluding hydrogens is 368 g/mol. The van der Waals surface area contributed by atoms with Crippen molar-refractivity contribution in [1.29, 1.82) is 0 Å². The van der Waals surface area contributed by atoms with Gasteiger partial charge in [0.1, 0.15) is 6.54 Å². The number of esters is 1. The highest BCUT2D eigenvalue weighted by Gasteiger charge is 2.27. The first kappa shape index (κ1) is 20.4. The molecule has 0 saturated carbocycles. The third-order valence-electron chi connectivity index (χ3n) is 4.04. The third-order valence-corrected chi connectivity index (χ3v) is 5.83. The molecule has 0 aliphatic heterocycles. The van der Waals surface area contributed by atoms with Crippen LogP contribution >= 0.6 is 0 Å². The summed E-state index contributed by atoms with van der Waals surface area (Å²) in [5, 5.41) is 2.58. The number of nitrogens with zero attached hydrogens (tertiary/aromatic N) is 1. The molecule has 2 rings (SSSR count). The lowest BCUT2D eigenvalue weighted by molar-refractivity contribution is -0.138. The number of benzene rings is 2. The Bertz CT molecular complexity index is 953. The van der Waals surface area contributed by atoms with Crippen molar-refractivity contribution in [3.63, 3.8) is 0 Å². The molecule has 7 nitrogen and oxygen atoms in total. The molecule has 0 heterocycles. The fourth-order valence-electron chi connectivity index (χ4n) is 2.42. The predicted molar refractivity (Wildman–Crippen MR) is 103 cm³/mol. The number of carbonyl (C=O) groups excluding carboxylic acids is 2. The van der Waals surface area contributed by atoms with E-state index in [1.807, 2.05) is 13.8 Å². The minimum absolute atomic E-state index is 0.00117. The molecule has 0 bridgehead atoms. The second-order valence-corrected chi connectivity index (χ2v) is 7.92. The van der Waals surface area contributed by atoms with Crippen LogP contribution in [-0.2, 0) is 24.3 Å². The van der Waals surface area contributed by atoms with Crippen molar-refractivity contribution in [2.24, 2.45) is 0 Å². The fraction of sp³-hybridized carbons (Fsp3) is 0.263. The van der Waals surface area contributed by atoms with Gasteiger partial charge in [-0.25, -0.2) is 8.42 Å². The van der Waals surface area contributed by atoms with Crippen LogP contribution in [0.1, 0.15) is 18.1 Å². The number of rotatable bonds is 6. The molecule has 0 fully saturated rings. The molecule has 0 aromatic heterocycles. The molecule has 0 radical (unpaired) electrons. The number of nitrogens with one attached hydrogen (secondary N) is 1. The van der Waals surface area contributed by atoms with Crippen LogP contribution in [0.25, 0.3) is 0 Å². The van der Waals surface area contributed by atoms with Crippen LogP contribution in [0.4, 0.5) is 11.4 Å². The van der Waals surface area contributed by atoms with E-state index >= 15 is 0 Å². The van der Waals surface area contributed by atoms with Gasteiger partial charge in [0, 0.05) is 12.6 Å². The molecule has 0 atom stereocenters. The molecule has 27 heavy (non-hydrogen) atoms. The third kappa shape index (κ3) is 4.85. The second kappa shape index (κ2) is 8.22. The van der Waals surface area contributed by atoms with Crippen molar-refractivity contribution in [2.75, 3.05) is 23.3 Å². The first-order valence-electron chi connectivity index (χ1n) is 8.19. The van der Waals surface area contributed by atoms with Crippen molar-refractivity contribution >= 4 is 33.3 Å². The van der Waals surface area contributed by atoms with Crippen LogP contribution in [0.3, 0.4) is 0 Å². The number of hydrogen-bond acceptors (Lipinski definition) is 5. The van der Waals surface area contributed by atoms with Gasteiger partial charge in [-0.2, -0.15) is 0 Å². The summed E-state index contributed by atoms with van der Waals surface area (Å²) in [6, 6.07) is 10.9. The van der Waals surface area contributed by atoms with Crippen molar-refractivity contribution in [1.82, 2.24) is 0 Å². The molecule has 1 amide bonds. The number of amides is 1. The summed E-state index contributed by atoms with van der Waals surface area (Å²) >= 11 is 0. The first-order valence-corrected chi connectivity index (χ1v) is 9.63. The SMILES string of the molecule is COC(=O)CN(c1ccc(C)c(C)c1)S(=O)(=O)c1ccc(NC(C)=O)cc1. The van der Waals surface area contributed by atoms with Crippen molar-refractivity contribution < 1.29 is 22.7 Å². The van der Waals surface area contributed by atoms with Crippen molar-refractivity contribution in [3.8, 4) is 0 Å².